The van der Waals surface area contributed by atoms with Gasteiger partial charge in [0.05, 0.1) is 11.7 Å². The molecule has 1 saturated carbocycles. The molecule has 2 aliphatic rings. The summed E-state index contributed by atoms with van der Waals surface area (Å²) in [5, 5.41) is 10.5. The van der Waals surface area contributed by atoms with Gasteiger partial charge in [-0.3, -0.25) is 4.68 Å². The molecule has 0 spiro atoms. The van der Waals surface area contributed by atoms with Gasteiger partial charge in [-0.2, -0.15) is 5.10 Å². The summed E-state index contributed by atoms with van der Waals surface area (Å²) in [4.78, 5) is 21.0. The standard InChI is InChI=1S/C18H24N6O/c1-24-11-14-15(3-2-4-16(14)23-24)22-18(25)19-8-7-12-9-20-17(21-10-12)13-5-6-13/h9-11,13,15H,2-8H2,1H3,(H2,19,22,25)/t15-/m1/s1. The van der Waals surface area contributed by atoms with Crippen molar-refractivity contribution in [3.05, 3.63) is 41.2 Å². The lowest BCUT2D eigenvalue weighted by molar-refractivity contribution is 0.235. The van der Waals surface area contributed by atoms with E-state index < -0.39 is 0 Å². The topological polar surface area (TPSA) is 84.7 Å². The van der Waals surface area contributed by atoms with Crippen molar-refractivity contribution in [1.29, 1.82) is 0 Å². The lowest BCUT2D eigenvalue weighted by Gasteiger charge is -2.22. The van der Waals surface area contributed by atoms with Crippen LogP contribution in [0, 0.1) is 0 Å². The Morgan fingerprint density at radius 1 is 1.28 bits per heavy atom. The first kappa shape index (κ1) is 16.1. The third kappa shape index (κ3) is 3.81. The second kappa shape index (κ2) is 6.82. The molecule has 0 aliphatic heterocycles. The van der Waals surface area contributed by atoms with Crippen molar-refractivity contribution in [2.24, 2.45) is 7.05 Å². The van der Waals surface area contributed by atoms with E-state index in [1.807, 2.05) is 30.3 Å². The molecule has 2 amide bonds. The van der Waals surface area contributed by atoms with Crippen LogP contribution in [0.1, 0.15) is 60.3 Å². The summed E-state index contributed by atoms with van der Waals surface area (Å²) < 4.78 is 1.83. The number of nitrogens with zero attached hydrogens (tertiary/aromatic N) is 4. The minimum Gasteiger partial charge on any atom is -0.338 e. The summed E-state index contributed by atoms with van der Waals surface area (Å²) in [5.74, 6) is 1.53. The molecule has 2 aliphatic carbocycles. The van der Waals surface area contributed by atoms with Crippen molar-refractivity contribution in [3.8, 4) is 0 Å². The van der Waals surface area contributed by atoms with Crippen LogP contribution in [0.15, 0.2) is 18.6 Å². The average Bonchev–Trinajstić information content (AvgIpc) is 3.37. The van der Waals surface area contributed by atoms with Gasteiger partial charge < -0.3 is 10.6 Å². The molecular weight excluding hydrogens is 316 g/mol. The van der Waals surface area contributed by atoms with Gasteiger partial charge in [0.25, 0.3) is 0 Å². The number of aromatic nitrogens is 4. The quantitative estimate of drug-likeness (QED) is 0.872. The van der Waals surface area contributed by atoms with Crippen molar-refractivity contribution in [2.75, 3.05) is 6.54 Å². The third-order valence-electron chi connectivity index (χ3n) is 4.89. The number of carbonyl (C=O) groups is 1. The van der Waals surface area contributed by atoms with Crippen LogP contribution in [-0.2, 0) is 19.9 Å². The van der Waals surface area contributed by atoms with Gasteiger partial charge in [-0.15, -0.1) is 0 Å². The first-order valence-corrected chi connectivity index (χ1v) is 9.06. The number of hydrogen-bond acceptors (Lipinski definition) is 4. The molecule has 2 heterocycles. The lowest BCUT2D eigenvalue weighted by atomic mass is 9.93. The smallest absolute Gasteiger partial charge is 0.315 e. The SMILES string of the molecule is Cn1cc2c(n1)CCC[C@H]2NC(=O)NCCc1cnc(C2CC2)nc1. The maximum absolute atomic E-state index is 12.2. The highest BCUT2D eigenvalue weighted by Crippen LogP contribution is 2.37. The normalized spacial score (nSPS) is 19.3. The fraction of sp³-hybridized carbons (Fsp3) is 0.556. The molecule has 1 atom stereocenters. The largest absolute Gasteiger partial charge is 0.338 e. The van der Waals surface area contributed by atoms with Crippen LogP contribution >= 0.6 is 0 Å². The molecule has 2 aromatic heterocycles. The highest BCUT2D eigenvalue weighted by Gasteiger charge is 2.26. The maximum atomic E-state index is 12.2. The molecule has 2 aromatic rings. The summed E-state index contributed by atoms with van der Waals surface area (Å²) in [6.07, 6.45) is 11.9. The molecule has 2 N–H and O–H groups in total. The van der Waals surface area contributed by atoms with Crippen molar-refractivity contribution in [2.45, 2.75) is 50.5 Å². The number of aryl methyl sites for hydroxylation is 2. The molecule has 0 bridgehead atoms. The maximum Gasteiger partial charge on any atom is 0.315 e. The fourth-order valence-electron chi connectivity index (χ4n) is 3.39. The molecule has 7 heteroatoms. The van der Waals surface area contributed by atoms with E-state index in [1.54, 1.807) is 0 Å². The van der Waals surface area contributed by atoms with Crippen molar-refractivity contribution in [3.63, 3.8) is 0 Å². The van der Waals surface area contributed by atoms with Gasteiger partial charge in [-0.25, -0.2) is 14.8 Å². The molecule has 1 fully saturated rings. The first-order valence-electron chi connectivity index (χ1n) is 9.06. The predicted octanol–water partition coefficient (Wildman–Crippen LogP) is 2.01. The van der Waals surface area contributed by atoms with E-state index in [9.17, 15) is 4.79 Å². The molecule has 132 valence electrons. The zero-order valence-corrected chi connectivity index (χ0v) is 14.5. The molecule has 0 unspecified atom stereocenters. The van der Waals surface area contributed by atoms with Crippen LogP contribution in [0.4, 0.5) is 4.79 Å². The van der Waals surface area contributed by atoms with E-state index in [0.29, 0.717) is 12.5 Å². The Balaban J connectivity index is 1.25. The van der Waals surface area contributed by atoms with E-state index in [-0.39, 0.29) is 12.1 Å². The fourth-order valence-corrected chi connectivity index (χ4v) is 3.39. The number of hydrogen-bond donors (Lipinski definition) is 2. The Labute approximate surface area is 147 Å². The second-order valence-corrected chi connectivity index (χ2v) is 7.02. The van der Waals surface area contributed by atoms with E-state index in [4.69, 9.17) is 0 Å². The zero-order chi connectivity index (χ0) is 17.2. The van der Waals surface area contributed by atoms with Crippen LogP contribution in [0.3, 0.4) is 0 Å². The van der Waals surface area contributed by atoms with Gasteiger partial charge >= 0.3 is 6.03 Å². The Hall–Kier alpha value is -2.44. The van der Waals surface area contributed by atoms with Crippen molar-refractivity contribution < 1.29 is 4.79 Å². The Kier molecular flexibility index (Phi) is 4.38. The number of urea groups is 1. The number of nitrogens with one attached hydrogen (secondary N) is 2. The van der Waals surface area contributed by atoms with Gasteiger partial charge in [-0.05, 0) is 44.1 Å². The Morgan fingerprint density at radius 3 is 2.84 bits per heavy atom. The van der Waals surface area contributed by atoms with Crippen LogP contribution < -0.4 is 10.6 Å². The summed E-state index contributed by atoms with van der Waals surface area (Å²) in [6, 6.07) is -0.0733. The zero-order valence-electron chi connectivity index (χ0n) is 14.5. The number of rotatable bonds is 5. The highest BCUT2D eigenvalue weighted by atomic mass is 16.2. The minimum absolute atomic E-state index is 0.0543. The monoisotopic (exact) mass is 340 g/mol. The van der Waals surface area contributed by atoms with Crippen molar-refractivity contribution >= 4 is 6.03 Å². The summed E-state index contributed by atoms with van der Waals surface area (Å²) >= 11 is 0. The van der Waals surface area contributed by atoms with Gasteiger partial charge in [0.1, 0.15) is 5.82 Å². The van der Waals surface area contributed by atoms with Crippen molar-refractivity contribution in [1.82, 2.24) is 30.4 Å². The van der Waals surface area contributed by atoms with Crippen LogP contribution in [0.5, 0.6) is 0 Å². The third-order valence-corrected chi connectivity index (χ3v) is 4.89. The molecule has 0 radical (unpaired) electrons. The molecule has 0 aromatic carbocycles. The molecule has 7 nitrogen and oxygen atoms in total. The van der Waals surface area contributed by atoms with Gasteiger partial charge in [0.2, 0.25) is 0 Å². The second-order valence-electron chi connectivity index (χ2n) is 7.02. The van der Waals surface area contributed by atoms with Crippen LogP contribution in [-0.4, -0.2) is 32.3 Å². The molecule has 4 rings (SSSR count). The van der Waals surface area contributed by atoms with Gasteiger partial charge in [-0.1, -0.05) is 0 Å². The van der Waals surface area contributed by atoms with Gasteiger partial charge in [0, 0.05) is 43.7 Å². The number of amides is 2. The van der Waals surface area contributed by atoms with Crippen LogP contribution in [0.2, 0.25) is 0 Å². The highest BCUT2D eigenvalue weighted by molar-refractivity contribution is 5.74. The molecule has 0 saturated heterocycles. The van der Waals surface area contributed by atoms with Gasteiger partial charge in [0.15, 0.2) is 0 Å². The van der Waals surface area contributed by atoms with E-state index in [0.717, 1.165) is 48.3 Å². The number of fused-ring (bicyclic) bond motifs is 1. The Morgan fingerprint density at radius 2 is 2.08 bits per heavy atom. The Bertz CT molecular complexity index is 749. The minimum atomic E-state index is -0.128. The van der Waals surface area contributed by atoms with E-state index >= 15 is 0 Å². The summed E-state index contributed by atoms with van der Waals surface area (Å²) in [7, 11) is 1.92. The van der Waals surface area contributed by atoms with Crippen LogP contribution in [0.25, 0.3) is 0 Å². The van der Waals surface area contributed by atoms with E-state index in [1.165, 1.54) is 12.8 Å². The lowest BCUT2D eigenvalue weighted by Crippen LogP contribution is -2.39. The molecule has 25 heavy (non-hydrogen) atoms. The molecular formula is C18H24N6O. The average molecular weight is 340 g/mol. The summed E-state index contributed by atoms with van der Waals surface area (Å²) in [6.45, 7) is 0.574. The predicted molar refractivity (Wildman–Crippen MR) is 93.1 cm³/mol. The summed E-state index contributed by atoms with van der Waals surface area (Å²) in [5.41, 5.74) is 3.30. The van der Waals surface area contributed by atoms with E-state index in [2.05, 4.69) is 25.7 Å². The number of carbonyl (C=O) groups excluding carboxylic acids is 1. The first-order chi connectivity index (χ1) is 12.2.